The smallest absolute Gasteiger partial charge is 0.255 e. The van der Waals surface area contributed by atoms with Crippen molar-refractivity contribution in [2.45, 2.75) is 12.5 Å². The second-order valence-corrected chi connectivity index (χ2v) is 4.21. The number of nitrogens with two attached hydrogens (primary N) is 1. The number of morpholine rings is 1. The highest BCUT2D eigenvalue weighted by atomic mass is 19.1. The molecular weight excluding hydrogens is 237 g/mol. The van der Waals surface area contributed by atoms with Gasteiger partial charge in [-0.2, -0.15) is 0 Å². The largest absolute Gasteiger partial charge is 0.374 e. The Labute approximate surface area is 105 Å². The molecule has 2 heterocycles. The minimum absolute atomic E-state index is 0.0331. The van der Waals surface area contributed by atoms with E-state index in [1.54, 1.807) is 4.90 Å². The lowest BCUT2D eigenvalue weighted by Gasteiger charge is -2.32. The Balaban J connectivity index is 2.04. The van der Waals surface area contributed by atoms with Gasteiger partial charge in [-0.15, -0.1) is 0 Å². The van der Waals surface area contributed by atoms with E-state index in [1.807, 2.05) is 0 Å². The second kappa shape index (κ2) is 5.88. The number of ether oxygens (including phenoxy) is 1. The molecule has 18 heavy (non-hydrogen) atoms. The zero-order chi connectivity index (χ0) is 13.0. The van der Waals surface area contributed by atoms with Crippen molar-refractivity contribution in [2.75, 3.05) is 26.2 Å². The number of hydrogen-bond acceptors (Lipinski definition) is 4. The van der Waals surface area contributed by atoms with Gasteiger partial charge in [0.05, 0.1) is 24.5 Å². The molecule has 1 aromatic rings. The first kappa shape index (κ1) is 12.9. The van der Waals surface area contributed by atoms with Gasteiger partial charge in [0.15, 0.2) is 0 Å². The molecule has 1 fully saturated rings. The molecule has 1 saturated heterocycles. The molecule has 1 atom stereocenters. The van der Waals surface area contributed by atoms with E-state index in [4.69, 9.17) is 10.5 Å². The third kappa shape index (κ3) is 3.02. The minimum Gasteiger partial charge on any atom is -0.374 e. The van der Waals surface area contributed by atoms with E-state index in [1.165, 1.54) is 12.3 Å². The standard InChI is InChI=1S/C12H16FN3O2/c13-10-5-9(6-15-7-10)12(17)16-3-4-18-11(8-16)1-2-14/h5-7,11H,1-4,8,14H2/t11-/m0/s1. The lowest BCUT2D eigenvalue weighted by Crippen LogP contribution is -2.46. The molecule has 0 aromatic carbocycles. The first-order valence-corrected chi connectivity index (χ1v) is 5.92. The molecule has 1 aliphatic heterocycles. The van der Waals surface area contributed by atoms with Gasteiger partial charge in [-0.25, -0.2) is 4.39 Å². The summed E-state index contributed by atoms with van der Waals surface area (Å²) in [4.78, 5) is 17.5. The molecule has 0 spiro atoms. The lowest BCUT2D eigenvalue weighted by molar-refractivity contribution is -0.0236. The van der Waals surface area contributed by atoms with E-state index in [0.717, 1.165) is 6.20 Å². The fraction of sp³-hybridized carbons (Fsp3) is 0.500. The van der Waals surface area contributed by atoms with Crippen LogP contribution in [0.1, 0.15) is 16.8 Å². The van der Waals surface area contributed by atoms with E-state index >= 15 is 0 Å². The molecular formula is C12H16FN3O2. The summed E-state index contributed by atoms with van der Waals surface area (Å²) in [6.07, 6.45) is 3.13. The molecule has 2 N–H and O–H groups in total. The van der Waals surface area contributed by atoms with Gasteiger partial charge in [0.1, 0.15) is 5.82 Å². The highest BCUT2D eigenvalue weighted by Crippen LogP contribution is 2.12. The van der Waals surface area contributed by atoms with E-state index in [2.05, 4.69) is 4.98 Å². The maximum absolute atomic E-state index is 13.0. The van der Waals surface area contributed by atoms with Crippen LogP contribution in [-0.4, -0.2) is 48.1 Å². The number of rotatable bonds is 3. The molecule has 0 unspecified atom stereocenters. The zero-order valence-electron chi connectivity index (χ0n) is 10.0. The summed E-state index contributed by atoms with van der Waals surface area (Å²) in [6.45, 7) is 2.01. The summed E-state index contributed by atoms with van der Waals surface area (Å²) in [5.74, 6) is -0.722. The second-order valence-electron chi connectivity index (χ2n) is 4.21. The Hall–Kier alpha value is -1.53. The number of carbonyl (C=O) groups is 1. The average molecular weight is 253 g/mol. The quantitative estimate of drug-likeness (QED) is 0.847. The normalized spacial score (nSPS) is 19.9. The summed E-state index contributed by atoms with van der Waals surface area (Å²) in [5, 5.41) is 0. The molecule has 0 bridgehead atoms. The summed E-state index contributed by atoms with van der Waals surface area (Å²) >= 11 is 0. The first-order valence-electron chi connectivity index (χ1n) is 5.92. The van der Waals surface area contributed by atoms with E-state index in [-0.39, 0.29) is 17.6 Å². The van der Waals surface area contributed by atoms with E-state index in [9.17, 15) is 9.18 Å². The van der Waals surface area contributed by atoms with Gasteiger partial charge < -0.3 is 15.4 Å². The minimum atomic E-state index is -0.507. The molecule has 0 saturated carbocycles. The number of amides is 1. The predicted molar refractivity (Wildman–Crippen MR) is 63.5 cm³/mol. The Morgan fingerprint density at radius 3 is 3.17 bits per heavy atom. The van der Waals surface area contributed by atoms with Crippen molar-refractivity contribution < 1.29 is 13.9 Å². The van der Waals surface area contributed by atoms with Crippen molar-refractivity contribution in [1.82, 2.24) is 9.88 Å². The van der Waals surface area contributed by atoms with E-state index < -0.39 is 5.82 Å². The van der Waals surface area contributed by atoms with Crippen molar-refractivity contribution in [2.24, 2.45) is 5.73 Å². The van der Waals surface area contributed by atoms with Crippen LogP contribution in [0.3, 0.4) is 0 Å². The third-order valence-electron chi connectivity index (χ3n) is 2.87. The van der Waals surface area contributed by atoms with Gasteiger partial charge in [-0.1, -0.05) is 0 Å². The van der Waals surface area contributed by atoms with Crippen LogP contribution in [0.2, 0.25) is 0 Å². The van der Waals surface area contributed by atoms with Crippen molar-refractivity contribution in [1.29, 1.82) is 0 Å². The van der Waals surface area contributed by atoms with Crippen molar-refractivity contribution in [3.63, 3.8) is 0 Å². The average Bonchev–Trinajstić information content (AvgIpc) is 2.39. The maximum Gasteiger partial charge on any atom is 0.255 e. The molecule has 6 heteroatoms. The third-order valence-corrected chi connectivity index (χ3v) is 2.87. The Morgan fingerprint density at radius 2 is 2.44 bits per heavy atom. The molecule has 1 aromatic heterocycles. The number of carbonyl (C=O) groups excluding carboxylic acids is 1. The van der Waals surface area contributed by atoms with Crippen LogP contribution in [-0.2, 0) is 4.74 Å². The van der Waals surface area contributed by atoms with Crippen LogP contribution in [0, 0.1) is 5.82 Å². The molecule has 0 radical (unpaired) electrons. The number of hydrogen-bond donors (Lipinski definition) is 1. The first-order chi connectivity index (χ1) is 8.70. The molecule has 0 aliphatic carbocycles. The molecule has 5 nitrogen and oxygen atoms in total. The molecule has 1 aliphatic rings. The Kier molecular flexibility index (Phi) is 4.22. The highest BCUT2D eigenvalue weighted by Gasteiger charge is 2.24. The lowest BCUT2D eigenvalue weighted by atomic mass is 10.1. The predicted octanol–water partition coefficient (Wildman–Crippen LogP) is 0.411. The Bertz CT molecular complexity index is 426. The summed E-state index contributed by atoms with van der Waals surface area (Å²) < 4.78 is 18.5. The SMILES string of the molecule is NCC[C@H]1CN(C(=O)c2cncc(F)c2)CCO1. The van der Waals surface area contributed by atoms with Crippen molar-refractivity contribution >= 4 is 5.91 Å². The van der Waals surface area contributed by atoms with Crippen LogP contribution in [0.25, 0.3) is 0 Å². The van der Waals surface area contributed by atoms with Gasteiger partial charge in [0.2, 0.25) is 0 Å². The van der Waals surface area contributed by atoms with Gasteiger partial charge in [-0.3, -0.25) is 9.78 Å². The Morgan fingerprint density at radius 1 is 1.61 bits per heavy atom. The van der Waals surface area contributed by atoms with Gasteiger partial charge in [0, 0.05) is 19.3 Å². The maximum atomic E-state index is 13.0. The van der Waals surface area contributed by atoms with Crippen LogP contribution in [0.15, 0.2) is 18.5 Å². The van der Waals surface area contributed by atoms with Gasteiger partial charge >= 0.3 is 0 Å². The fourth-order valence-electron chi connectivity index (χ4n) is 1.98. The van der Waals surface area contributed by atoms with Gasteiger partial charge in [0.25, 0.3) is 5.91 Å². The number of halogens is 1. The van der Waals surface area contributed by atoms with Crippen molar-refractivity contribution in [3.8, 4) is 0 Å². The molecule has 2 rings (SSSR count). The molecule has 1 amide bonds. The monoisotopic (exact) mass is 253 g/mol. The number of nitrogens with zero attached hydrogens (tertiary/aromatic N) is 2. The van der Waals surface area contributed by atoms with Crippen LogP contribution >= 0.6 is 0 Å². The summed E-state index contributed by atoms with van der Waals surface area (Å²) in [6, 6.07) is 1.20. The van der Waals surface area contributed by atoms with Crippen LogP contribution in [0.4, 0.5) is 4.39 Å². The van der Waals surface area contributed by atoms with E-state index in [0.29, 0.717) is 32.7 Å². The number of aromatic nitrogens is 1. The topological polar surface area (TPSA) is 68.5 Å². The van der Waals surface area contributed by atoms with Crippen molar-refractivity contribution in [3.05, 3.63) is 29.8 Å². The number of pyridine rings is 1. The molecule has 98 valence electrons. The highest BCUT2D eigenvalue weighted by molar-refractivity contribution is 5.94. The zero-order valence-corrected chi connectivity index (χ0v) is 10.0. The summed E-state index contributed by atoms with van der Waals surface area (Å²) in [7, 11) is 0. The van der Waals surface area contributed by atoms with Crippen LogP contribution < -0.4 is 5.73 Å². The van der Waals surface area contributed by atoms with Crippen LogP contribution in [0.5, 0.6) is 0 Å². The fourth-order valence-corrected chi connectivity index (χ4v) is 1.98. The summed E-state index contributed by atoms with van der Waals surface area (Å²) in [5.41, 5.74) is 5.74. The van der Waals surface area contributed by atoms with Gasteiger partial charge in [-0.05, 0) is 19.0 Å².